The molecule has 4 aliphatic heterocycles. The van der Waals surface area contributed by atoms with E-state index in [9.17, 15) is 14.4 Å². The van der Waals surface area contributed by atoms with Crippen LogP contribution in [0.4, 0.5) is 0 Å². The van der Waals surface area contributed by atoms with E-state index in [2.05, 4.69) is 31.0 Å². The first kappa shape index (κ1) is 26.8. The highest BCUT2D eigenvalue weighted by atomic mass is 16.6. The summed E-state index contributed by atoms with van der Waals surface area (Å²) in [6.45, 7) is 9.45. The lowest BCUT2D eigenvalue weighted by Gasteiger charge is -2.51. The number of hydrogen-bond acceptors (Lipinski definition) is 5. The second kappa shape index (κ2) is 11.5. The molecule has 4 heterocycles. The molecule has 5 atom stereocenters. The first-order valence-corrected chi connectivity index (χ1v) is 14.6. The number of carbonyl (C=O) groups excluding carboxylic acids is 3. The van der Waals surface area contributed by atoms with Crippen LogP contribution in [0.15, 0.2) is 18.2 Å². The Morgan fingerprint density at radius 2 is 1.82 bits per heavy atom. The summed E-state index contributed by atoms with van der Waals surface area (Å²) >= 11 is 0. The molecule has 38 heavy (non-hydrogen) atoms. The number of fused-ring (bicyclic) bond motifs is 5. The third-order valence-corrected chi connectivity index (χ3v) is 8.91. The van der Waals surface area contributed by atoms with Crippen LogP contribution in [0.5, 0.6) is 11.5 Å². The SMILES string of the molecule is CC(C)[C@@H]1CC[C@@H](C)CC(=O)N2C[C@H]3C[C@@H](CN(C(=O)c4ccc5c(c4)OCCO5)C3)[C@@H]2CCCC(=O)N1. The molecule has 1 aromatic rings. The lowest BCUT2D eigenvalue weighted by Crippen LogP contribution is -2.60. The molecule has 3 saturated heterocycles. The molecule has 2 bridgehead atoms. The highest BCUT2D eigenvalue weighted by Crippen LogP contribution is 2.38. The van der Waals surface area contributed by atoms with Crippen LogP contribution in [0, 0.1) is 23.7 Å². The number of amides is 3. The molecule has 208 valence electrons. The van der Waals surface area contributed by atoms with Crippen molar-refractivity contribution >= 4 is 17.7 Å². The zero-order chi connectivity index (χ0) is 26.8. The van der Waals surface area contributed by atoms with Crippen molar-refractivity contribution in [2.75, 3.05) is 32.8 Å². The molecule has 8 nitrogen and oxygen atoms in total. The van der Waals surface area contributed by atoms with Crippen LogP contribution < -0.4 is 14.8 Å². The molecule has 3 amide bonds. The molecule has 3 fully saturated rings. The minimum Gasteiger partial charge on any atom is -0.486 e. The van der Waals surface area contributed by atoms with Gasteiger partial charge in [0.15, 0.2) is 11.5 Å². The average molecular weight is 526 g/mol. The van der Waals surface area contributed by atoms with Gasteiger partial charge in [-0.15, -0.1) is 0 Å². The van der Waals surface area contributed by atoms with E-state index in [-0.39, 0.29) is 47.6 Å². The van der Waals surface area contributed by atoms with Gasteiger partial charge in [0, 0.05) is 50.1 Å². The molecule has 0 radical (unpaired) electrons. The lowest BCUT2D eigenvalue weighted by atomic mass is 9.77. The maximum Gasteiger partial charge on any atom is 0.254 e. The predicted molar refractivity (Wildman–Crippen MR) is 144 cm³/mol. The van der Waals surface area contributed by atoms with Gasteiger partial charge >= 0.3 is 0 Å². The molecule has 4 aliphatic rings. The number of nitrogens with one attached hydrogen (secondary N) is 1. The smallest absolute Gasteiger partial charge is 0.254 e. The number of piperidine rings is 2. The van der Waals surface area contributed by atoms with Crippen LogP contribution in [0.25, 0.3) is 0 Å². The van der Waals surface area contributed by atoms with Crippen molar-refractivity contribution in [3.63, 3.8) is 0 Å². The normalized spacial score (nSPS) is 30.5. The van der Waals surface area contributed by atoms with Crippen molar-refractivity contribution in [2.45, 2.75) is 77.8 Å². The minimum absolute atomic E-state index is 0.00817. The van der Waals surface area contributed by atoms with E-state index in [0.29, 0.717) is 68.7 Å². The highest BCUT2D eigenvalue weighted by Gasteiger charge is 2.44. The fourth-order valence-corrected chi connectivity index (χ4v) is 6.83. The summed E-state index contributed by atoms with van der Waals surface area (Å²) in [4.78, 5) is 44.0. The van der Waals surface area contributed by atoms with Crippen molar-refractivity contribution in [2.24, 2.45) is 23.7 Å². The summed E-state index contributed by atoms with van der Waals surface area (Å²) in [5.74, 6) is 2.80. The van der Waals surface area contributed by atoms with E-state index in [4.69, 9.17) is 9.47 Å². The zero-order valence-corrected chi connectivity index (χ0v) is 23.1. The molecule has 8 heteroatoms. The monoisotopic (exact) mass is 525 g/mol. The van der Waals surface area contributed by atoms with Crippen LogP contribution in [-0.2, 0) is 9.59 Å². The maximum absolute atomic E-state index is 13.6. The van der Waals surface area contributed by atoms with E-state index in [1.54, 1.807) is 6.07 Å². The molecular formula is C30H43N3O5. The van der Waals surface area contributed by atoms with Gasteiger partial charge in [-0.05, 0) is 74.0 Å². The molecule has 1 aromatic carbocycles. The highest BCUT2D eigenvalue weighted by molar-refractivity contribution is 5.95. The first-order valence-electron chi connectivity index (χ1n) is 14.6. The fourth-order valence-electron chi connectivity index (χ4n) is 6.83. The Hall–Kier alpha value is -2.77. The Labute approximate surface area is 226 Å². The van der Waals surface area contributed by atoms with Gasteiger partial charge in [-0.25, -0.2) is 0 Å². The van der Waals surface area contributed by atoms with Gasteiger partial charge in [0.1, 0.15) is 13.2 Å². The molecule has 0 saturated carbocycles. The summed E-state index contributed by atoms with van der Waals surface area (Å²) in [6.07, 6.45) is 5.43. The summed E-state index contributed by atoms with van der Waals surface area (Å²) < 4.78 is 11.3. The Morgan fingerprint density at radius 3 is 2.61 bits per heavy atom. The molecule has 0 aromatic heterocycles. The van der Waals surface area contributed by atoms with Crippen LogP contribution in [0.2, 0.25) is 0 Å². The number of ether oxygens (including phenoxy) is 2. The Morgan fingerprint density at radius 1 is 1.03 bits per heavy atom. The van der Waals surface area contributed by atoms with Crippen molar-refractivity contribution in [3.05, 3.63) is 23.8 Å². The summed E-state index contributed by atoms with van der Waals surface area (Å²) in [5.41, 5.74) is 0.613. The van der Waals surface area contributed by atoms with Gasteiger partial charge in [-0.1, -0.05) is 20.8 Å². The number of carbonyl (C=O) groups is 3. The topological polar surface area (TPSA) is 88.2 Å². The van der Waals surface area contributed by atoms with Crippen molar-refractivity contribution in [1.29, 1.82) is 0 Å². The summed E-state index contributed by atoms with van der Waals surface area (Å²) in [6, 6.07) is 5.65. The van der Waals surface area contributed by atoms with Crippen LogP contribution in [0.3, 0.4) is 0 Å². The molecule has 5 rings (SSSR count). The van der Waals surface area contributed by atoms with Gasteiger partial charge in [-0.2, -0.15) is 0 Å². The maximum atomic E-state index is 13.6. The third kappa shape index (κ3) is 5.94. The lowest BCUT2D eigenvalue weighted by molar-refractivity contribution is -0.141. The van der Waals surface area contributed by atoms with Crippen molar-refractivity contribution in [3.8, 4) is 11.5 Å². The van der Waals surface area contributed by atoms with Crippen LogP contribution in [-0.4, -0.2) is 72.5 Å². The molecule has 0 aliphatic carbocycles. The summed E-state index contributed by atoms with van der Waals surface area (Å²) in [7, 11) is 0. The number of hydrogen-bond donors (Lipinski definition) is 1. The van der Waals surface area contributed by atoms with Gasteiger partial charge in [0.25, 0.3) is 5.91 Å². The van der Waals surface area contributed by atoms with Gasteiger partial charge in [0.05, 0.1) is 0 Å². The third-order valence-electron chi connectivity index (χ3n) is 8.91. The number of likely N-dealkylation sites (tertiary alicyclic amines) is 1. The number of rotatable bonds is 2. The largest absolute Gasteiger partial charge is 0.486 e. The Balaban J connectivity index is 1.31. The first-order chi connectivity index (χ1) is 18.3. The van der Waals surface area contributed by atoms with Gasteiger partial charge in [-0.3, -0.25) is 14.4 Å². The van der Waals surface area contributed by atoms with E-state index in [1.807, 2.05) is 17.0 Å². The van der Waals surface area contributed by atoms with E-state index in [1.165, 1.54) is 0 Å². The average Bonchev–Trinajstić information content (AvgIpc) is 2.91. The quantitative estimate of drug-likeness (QED) is 0.633. The molecular weight excluding hydrogens is 482 g/mol. The molecule has 1 N–H and O–H groups in total. The van der Waals surface area contributed by atoms with Crippen molar-refractivity contribution in [1.82, 2.24) is 15.1 Å². The second-order valence-corrected chi connectivity index (χ2v) is 12.2. The van der Waals surface area contributed by atoms with Crippen LogP contribution in [0.1, 0.15) is 76.1 Å². The number of nitrogens with zero attached hydrogens (tertiary/aromatic N) is 2. The second-order valence-electron chi connectivity index (χ2n) is 12.2. The number of benzene rings is 1. The van der Waals surface area contributed by atoms with Crippen LogP contribution >= 0.6 is 0 Å². The van der Waals surface area contributed by atoms with E-state index < -0.39 is 0 Å². The van der Waals surface area contributed by atoms with E-state index in [0.717, 1.165) is 32.1 Å². The van der Waals surface area contributed by atoms with Crippen molar-refractivity contribution < 1.29 is 23.9 Å². The van der Waals surface area contributed by atoms with E-state index >= 15 is 0 Å². The fraction of sp³-hybridized carbons (Fsp3) is 0.700. The predicted octanol–water partition coefficient (Wildman–Crippen LogP) is 3.88. The molecule has 0 unspecified atom stereocenters. The van der Waals surface area contributed by atoms with Gasteiger partial charge < -0.3 is 24.6 Å². The summed E-state index contributed by atoms with van der Waals surface area (Å²) in [5, 5.41) is 3.25. The minimum atomic E-state index is 0.00817. The Bertz CT molecular complexity index is 1040. The molecule has 0 spiro atoms. The van der Waals surface area contributed by atoms with Gasteiger partial charge in [0.2, 0.25) is 11.8 Å². The zero-order valence-electron chi connectivity index (χ0n) is 23.1. The standard InChI is InChI=1S/C30H43N3O5/c1-19(2)24-9-7-20(3)13-29(35)33-17-21-14-23(25(33)5-4-6-28(34)31-24)18-32(16-21)30(36)22-8-10-26-27(15-22)38-12-11-37-26/h8,10,15,19-21,23-25H,4-7,9,11-14,16-18H2,1-3H3,(H,31,34)/t20-,21+,23+,24+,25+/m1/s1. The Kier molecular flexibility index (Phi) is 8.15.